The van der Waals surface area contributed by atoms with Gasteiger partial charge >= 0.3 is 0 Å². The fourth-order valence-electron chi connectivity index (χ4n) is 3.03. The van der Waals surface area contributed by atoms with Crippen molar-refractivity contribution in [2.75, 3.05) is 31.3 Å². The smallest absolute Gasteiger partial charge is 0.249 e. The minimum absolute atomic E-state index is 0.246. The number of likely N-dealkylation sites (N-methyl/N-ethyl adjacent to an activating group) is 1. The standard InChI is InChI=1S/C25H24N6O2/c1-31(2)14-6-9-24(32)30-23-15-21-22(16-26-23)27-17-28-25(21)29-18-10-12-20(13-11-18)33-19-7-4-3-5-8-19/h3-13,15-17H,14H2,1-2H3,(H,26,30,32)(H,27,28,29). The van der Waals surface area contributed by atoms with Crippen LogP contribution in [0.4, 0.5) is 17.3 Å². The predicted octanol–water partition coefficient (Wildman–Crippen LogP) is 4.62. The van der Waals surface area contributed by atoms with E-state index in [9.17, 15) is 4.79 Å². The van der Waals surface area contributed by atoms with Crippen LogP contribution < -0.4 is 15.4 Å². The molecule has 0 saturated heterocycles. The summed E-state index contributed by atoms with van der Waals surface area (Å²) in [6.07, 6.45) is 6.36. The van der Waals surface area contributed by atoms with Crippen LogP contribution >= 0.6 is 0 Å². The van der Waals surface area contributed by atoms with Crippen LogP contribution in [0.3, 0.4) is 0 Å². The van der Waals surface area contributed by atoms with E-state index in [-0.39, 0.29) is 5.91 Å². The van der Waals surface area contributed by atoms with Gasteiger partial charge in [0.15, 0.2) is 0 Å². The molecule has 2 N–H and O–H groups in total. The Morgan fingerprint density at radius 2 is 1.76 bits per heavy atom. The molecule has 0 saturated carbocycles. The maximum absolute atomic E-state index is 12.2. The van der Waals surface area contributed by atoms with E-state index in [2.05, 4.69) is 25.6 Å². The molecule has 0 bridgehead atoms. The van der Waals surface area contributed by atoms with Crippen molar-refractivity contribution in [3.8, 4) is 11.5 Å². The first-order valence-electron chi connectivity index (χ1n) is 10.4. The van der Waals surface area contributed by atoms with Crippen molar-refractivity contribution < 1.29 is 9.53 Å². The summed E-state index contributed by atoms with van der Waals surface area (Å²) in [5.41, 5.74) is 1.50. The Morgan fingerprint density at radius 3 is 2.52 bits per heavy atom. The summed E-state index contributed by atoms with van der Waals surface area (Å²) in [7, 11) is 3.87. The molecule has 4 aromatic rings. The van der Waals surface area contributed by atoms with E-state index in [1.54, 1.807) is 18.3 Å². The molecule has 33 heavy (non-hydrogen) atoms. The van der Waals surface area contributed by atoms with Crippen LogP contribution in [0.1, 0.15) is 0 Å². The summed E-state index contributed by atoms with van der Waals surface area (Å²) >= 11 is 0. The Kier molecular flexibility index (Phi) is 6.87. The average molecular weight is 441 g/mol. The third kappa shape index (κ3) is 6.11. The number of nitrogens with zero attached hydrogens (tertiary/aromatic N) is 4. The van der Waals surface area contributed by atoms with Crippen LogP contribution in [0, 0.1) is 0 Å². The Hall–Kier alpha value is -4.30. The van der Waals surface area contributed by atoms with Gasteiger partial charge in [-0.25, -0.2) is 15.0 Å². The van der Waals surface area contributed by atoms with Gasteiger partial charge < -0.3 is 20.3 Å². The number of pyridine rings is 1. The number of carbonyl (C=O) groups excluding carboxylic acids is 1. The number of hydrogen-bond donors (Lipinski definition) is 2. The van der Waals surface area contributed by atoms with Gasteiger partial charge in [-0.15, -0.1) is 0 Å². The second kappa shape index (κ2) is 10.3. The molecule has 8 nitrogen and oxygen atoms in total. The van der Waals surface area contributed by atoms with Gasteiger partial charge in [-0.05, 0) is 56.6 Å². The van der Waals surface area contributed by atoms with Crippen molar-refractivity contribution >= 4 is 34.1 Å². The largest absolute Gasteiger partial charge is 0.457 e. The lowest BCUT2D eigenvalue weighted by Crippen LogP contribution is -2.13. The molecule has 1 amide bonds. The Bertz CT molecular complexity index is 1260. The molecule has 4 rings (SSSR count). The van der Waals surface area contributed by atoms with Crippen LogP contribution in [-0.4, -0.2) is 46.4 Å². The molecule has 166 valence electrons. The van der Waals surface area contributed by atoms with Crippen LogP contribution in [0.15, 0.2) is 85.3 Å². The van der Waals surface area contributed by atoms with E-state index in [0.29, 0.717) is 23.7 Å². The highest BCUT2D eigenvalue weighted by molar-refractivity contribution is 6.00. The molecule has 0 aliphatic carbocycles. The van der Waals surface area contributed by atoms with Crippen LogP contribution in [0.2, 0.25) is 0 Å². The highest BCUT2D eigenvalue weighted by Gasteiger charge is 2.08. The number of benzene rings is 2. The molecule has 0 spiro atoms. The molecule has 2 aromatic carbocycles. The third-order valence-electron chi connectivity index (χ3n) is 4.61. The van der Waals surface area contributed by atoms with Gasteiger partial charge in [0.05, 0.1) is 11.7 Å². The number of ether oxygens (including phenoxy) is 1. The lowest BCUT2D eigenvalue weighted by Gasteiger charge is -2.11. The zero-order valence-electron chi connectivity index (χ0n) is 18.4. The maximum atomic E-state index is 12.2. The van der Waals surface area contributed by atoms with E-state index >= 15 is 0 Å². The fourth-order valence-corrected chi connectivity index (χ4v) is 3.03. The van der Waals surface area contributed by atoms with Gasteiger partial charge in [-0.2, -0.15) is 0 Å². The summed E-state index contributed by atoms with van der Waals surface area (Å²) in [4.78, 5) is 27.0. The Labute approximate surface area is 192 Å². The predicted molar refractivity (Wildman–Crippen MR) is 130 cm³/mol. The van der Waals surface area contributed by atoms with Crippen molar-refractivity contribution in [1.82, 2.24) is 19.9 Å². The number of para-hydroxylation sites is 1. The lowest BCUT2D eigenvalue weighted by molar-refractivity contribution is -0.111. The lowest BCUT2D eigenvalue weighted by atomic mass is 10.2. The monoisotopic (exact) mass is 440 g/mol. The molecule has 2 heterocycles. The van der Waals surface area contributed by atoms with Gasteiger partial charge in [-0.3, -0.25) is 4.79 Å². The minimum Gasteiger partial charge on any atom is -0.457 e. The van der Waals surface area contributed by atoms with Crippen LogP contribution in [0.25, 0.3) is 10.9 Å². The van der Waals surface area contributed by atoms with Crippen molar-refractivity contribution in [3.05, 3.63) is 85.3 Å². The zero-order valence-corrected chi connectivity index (χ0v) is 18.4. The number of amides is 1. The second-order valence-corrected chi connectivity index (χ2v) is 7.53. The number of aromatic nitrogens is 3. The molecule has 0 fully saturated rings. The minimum atomic E-state index is -0.246. The highest BCUT2D eigenvalue weighted by Crippen LogP contribution is 2.27. The number of carbonyl (C=O) groups is 1. The highest BCUT2D eigenvalue weighted by atomic mass is 16.5. The van der Waals surface area contributed by atoms with Gasteiger partial charge in [0, 0.05) is 23.7 Å². The molecule has 0 unspecified atom stereocenters. The molecule has 0 aliphatic rings. The van der Waals surface area contributed by atoms with Crippen molar-refractivity contribution in [2.24, 2.45) is 0 Å². The number of rotatable bonds is 8. The normalized spacial score (nSPS) is 11.1. The first-order chi connectivity index (χ1) is 16.1. The van der Waals surface area contributed by atoms with Crippen molar-refractivity contribution in [1.29, 1.82) is 0 Å². The molecule has 2 aromatic heterocycles. The molecule has 0 atom stereocenters. The van der Waals surface area contributed by atoms with Gasteiger partial charge in [0.1, 0.15) is 29.5 Å². The molecular weight excluding hydrogens is 416 g/mol. The summed E-state index contributed by atoms with van der Waals surface area (Å²) < 4.78 is 5.84. The average Bonchev–Trinajstić information content (AvgIpc) is 2.81. The molecule has 0 aliphatic heterocycles. The van der Waals surface area contributed by atoms with Gasteiger partial charge in [0.25, 0.3) is 0 Å². The van der Waals surface area contributed by atoms with E-state index in [0.717, 1.165) is 22.6 Å². The summed E-state index contributed by atoms with van der Waals surface area (Å²) in [6, 6.07) is 18.9. The summed E-state index contributed by atoms with van der Waals surface area (Å²) in [6.45, 7) is 0.676. The fraction of sp³-hybridized carbons (Fsp3) is 0.120. The van der Waals surface area contributed by atoms with E-state index in [1.165, 1.54) is 12.4 Å². The zero-order chi connectivity index (χ0) is 23.0. The van der Waals surface area contributed by atoms with E-state index in [4.69, 9.17) is 4.74 Å². The van der Waals surface area contributed by atoms with Crippen LogP contribution in [0.5, 0.6) is 11.5 Å². The summed E-state index contributed by atoms with van der Waals surface area (Å²) in [5.74, 6) is 2.29. The Morgan fingerprint density at radius 1 is 1.00 bits per heavy atom. The first kappa shape index (κ1) is 21.9. The topological polar surface area (TPSA) is 92.3 Å². The van der Waals surface area contributed by atoms with Gasteiger partial charge in [-0.1, -0.05) is 24.3 Å². The number of hydrogen-bond acceptors (Lipinski definition) is 7. The Balaban J connectivity index is 1.49. The summed E-state index contributed by atoms with van der Waals surface area (Å²) in [5, 5.41) is 6.81. The number of fused-ring (bicyclic) bond motifs is 1. The quantitative estimate of drug-likeness (QED) is 0.386. The maximum Gasteiger partial charge on any atom is 0.249 e. The molecule has 0 radical (unpaired) electrons. The first-order valence-corrected chi connectivity index (χ1v) is 10.4. The molecular formula is C25H24N6O2. The molecule has 8 heteroatoms. The second-order valence-electron chi connectivity index (χ2n) is 7.53. The van der Waals surface area contributed by atoms with Crippen LogP contribution in [-0.2, 0) is 4.79 Å². The van der Waals surface area contributed by atoms with E-state index < -0.39 is 0 Å². The van der Waals surface area contributed by atoms with Crippen molar-refractivity contribution in [3.63, 3.8) is 0 Å². The third-order valence-corrected chi connectivity index (χ3v) is 4.61. The SMILES string of the molecule is CN(C)CC=CC(=O)Nc1cc2c(Nc3ccc(Oc4ccccc4)cc3)ncnc2cn1. The van der Waals surface area contributed by atoms with Gasteiger partial charge in [0.2, 0.25) is 5.91 Å². The van der Waals surface area contributed by atoms with Crippen molar-refractivity contribution in [2.45, 2.75) is 0 Å². The number of anilines is 3. The number of nitrogens with one attached hydrogen (secondary N) is 2. The van der Waals surface area contributed by atoms with E-state index in [1.807, 2.05) is 73.6 Å².